The molecule has 152 valence electrons. The Hall–Kier alpha value is -1.31. The van der Waals surface area contributed by atoms with E-state index in [1.165, 1.54) is 6.07 Å². The highest BCUT2D eigenvalue weighted by Crippen LogP contribution is 2.23. The van der Waals surface area contributed by atoms with Crippen LogP contribution in [0.2, 0.25) is 10.0 Å². The fourth-order valence-electron chi connectivity index (χ4n) is 3.07. The number of benzene rings is 2. The normalized spacial score (nSPS) is 16.2. The van der Waals surface area contributed by atoms with Crippen molar-refractivity contribution < 1.29 is 13.2 Å². The molecule has 1 heterocycles. The maximum absolute atomic E-state index is 12.3. The summed E-state index contributed by atoms with van der Waals surface area (Å²) in [4.78, 5) is 2.30. The summed E-state index contributed by atoms with van der Waals surface area (Å²) in [5, 5.41) is 0.815. The third-order valence-corrected chi connectivity index (χ3v) is 6.61. The molecule has 0 spiro atoms. The minimum absolute atomic E-state index is 0.194. The zero-order valence-corrected chi connectivity index (χ0v) is 18.0. The molecule has 0 bridgehead atoms. The van der Waals surface area contributed by atoms with Crippen molar-refractivity contribution in [1.29, 1.82) is 0 Å². The predicted octanol–water partition coefficient (Wildman–Crippen LogP) is 4.09. The van der Waals surface area contributed by atoms with Crippen molar-refractivity contribution in [1.82, 2.24) is 9.62 Å². The van der Waals surface area contributed by atoms with Crippen molar-refractivity contribution in [2.75, 3.05) is 20.1 Å². The van der Waals surface area contributed by atoms with Crippen LogP contribution in [0.3, 0.4) is 0 Å². The molecule has 1 aliphatic heterocycles. The lowest BCUT2D eigenvalue weighted by Crippen LogP contribution is -2.35. The number of sulfonamides is 1. The van der Waals surface area contributed by atoms with Gasteiger partial charge >= 0.3 is 0 Å². The van der Waals surface area contributed by atoms with Crippen LogP contribution in [0.1, 0.15) is 24.0 Å². The minimum Gasteiger partial charge on any atom is -0.490 e. The number of hydrogen-bond donors (Lipinski definition) is 1. The summed E-state index contributed by atoms with van der Waals surface area (Å²) < 4.78 is 33.3. The number of nitrogens with zero attached hydrogens (tertiary/aromatic N) is 1. The van der Waals surface area contributed by atoms with Gasteiger partial charge in [0.1, 0.15) is 11.9 Å². The molecule has 1 N–H and O–H groups in total. The summed E-state index contributed by atoms with van der Waals surface area (Å²) in [5.74, 6) is 0.620. The topological polar surface area (TPSA) is 58.6 Å². The van der Waals surface area contributed by atoms with Crippen LogP contribution in [0, 0.1) is 0 Å². The van der Waals surface area contributed by atoms with Gasteiger partial charge in [-0.3, -0.25) is 0 Å². The molecule has 0 aromatic heterocycles. The molecule has 1 aliphatic rings. The Morgan fingerprint density at radius 2 is 1.79 bits per heavy atom. The fraction of sp³-hybridized carbons (Fsp3) is 0.400. The molecule has 2 aromatic carbocycles. The molecule has 0 aliphatic carbocycles. The molecule has 0 saturated carbocycles. The number of rotatable bonds is 7. The van der Waals surface area contributed by atoms with E-state index < -0.39 is 10.0 Å². The lowest BCUT2D eigenvalue weighted by atomic mass is 10.1. The maximum Gasteiger partial charge on any atom is 0.216 e. The van der Waals surface area contributed by atoms with E-state index in [2.05, 4.69) is 16.7 Å². The van der Waals surface area contributed by atoms with Gasteiger partial charge in [0.25, 0.3) is 0 Å². The molecule has 0 amide bonds. The maximum atomic E-state index is 12.3. The summed E-state index contributed by atoms with van der Waals surface area (Å²) in [5.41, 5.74) is 1.38. The second-order valence-corrected chi connectivity index (χ2v) is 9.73. The summed E-state index contributed by atoms with van der Waals surface area (Å²) >= 11 is 11.9. The molecule has 3 rings (SSSR count). The molecule has 5 nitrogen and oxygen atoms in total. The molecule has 8 heteroatoms. The van der Waals surface area contributed by atoms with Crippen LogP contribution in [0.25, 0.3) is 0 Å². The minimum atomic E-state index is -3.52. The van der Waals surface area contributed by atoms with Crippen LogP contribution in [-0.4, -0.2) is 39.6 Å². The monoisotopic (exact) mass is 442 g/mol. The van der Waals surface area contributed by atoms with Crippen LogP contribution in [0.15, 0.2) is 42.5 Å². The Morgan fingerprint density at radius 3 is 2.43 bits per heavy atom. The highest BCUT2D eigenvalue weighted by Gasteiger charge is 2.18. The Balaban J connectivity index is 1.52. The third kappa shape index (κ3) is 6.36. The summed E-state index contributed by atoms with van der Waals surface area (Å²) in [6.45, 7) is 2.30. The van der Waals surface area contributed by atoms with Crippen molar-refractivity contribution in [3.63, 3.8) is 0 Å². The Labute approximate surface area is 176 Å². The number of nitrogens with one attached hydrogen (secondary N) is 1. The molecule has 1 saturated heterocycles. The summed E-state index contributed by atoms with van der Waals surface area (Å²) in [6.07, 6.45) is 2.28. The Kier molecular flexibility index (Phi) is 7.23. The van der Waals surface area contributed by atoms with E-state index in [0.29, 0.717) is 15.6 Å². The van der Waals surface area contributed by atoms with E-state index in [4.69, 9.17) is 27.9 Å². The van der Waals surface area contributed by atoms with Gasteiger partial charge in [-0.15, -0.1) is 0 Å². The number of likely N-dealkylation sites (tertiary alicyclic amines) is 1. The van der Waals surface area contributed by atoms with Gasteiger partial charge in [0, 0.05) is 29.7 Å². The average molecular weight is 443 g/mol. The van der Waals surface area contributed by atoms with Gasteiger partial charge in [0.2, 0.25) is 10.0 Å². The van der Waals surface area contributed by atoms with E-state index in [-0.39, 0.29) is 18.4 Å². The van der Waals surface area contributed by atoms with Crippen molar-refractivity contribution in [3.05, 3.63) is 63.6 Å². The lowest BCUT2D eigenvalue weighted by Gasteiger charge is -2.29. The van der Waals surface area contributed by atoms with Crippen LogP contribution >= 0.6 is 23.2 Å². The highest BCUT2D eigenvalue weighted by atomic mass is 35.5. The van der Waals surface area contributed by atoms with Gasteiger partial charge in [0.05, 0.1) is 5.75 Å². The first-order valence-electron chi connectivity index (χ1n) is 9.16. The smallest absolute Gasteiger partial charge is 0.216 e. The Bertz CT molecular complexity index is 896. The standard InChI is InChI=1S/C20H24Cl2N2O3S/c1-24-10-8-19(9-11-24)27-18-6-2-15(3-7-18)13-23-28(25,26)14-16-4-5-17(21)12-20(16)22/h2-7,12,19,23H,8-11,13-14H2,1H3. The van der Waals surface area contributed by atoms with Crippen LogP contribution in [0.4, 0.5) is 0 Å². The highest BCUT2D eigenvalue weighted by molar-refractivity contribution is 7.88. The lowest BCUT2D eigenvalue weighted by molar-refractivity contribution is 0.114. The van der Waals surface area contributed by atoms with Crippen LogP contribution in [0.5, 0.6) is 5.75 Å². The fourth-order valence-corrected chi connectivity index (χ4v) is 4.77. The molecule has 0 radical (unpaired) electrons. The second-order valence-electron chi connectivity index (χ2n) is 7.08. The van der Waals surface area contributed by atoms with Gasteiger partial charge in [-0.2, -0.15) is 0 Å². The van der Waals surface area contributed by atoms with Crippen LogP contribution < -0.4 is 9.46 Å². The SMILES string of the molecule is CN1CCC(Oc2ccc(CNS(=O)(=O)Cc3ccc(Cl)cc3Cl)cc2)CC1. The van der Waals surface area contributed by atoms with Crippen molar-refractivity contribution in [2.24, 2.45) is 0 Å². The van der Waals surface area contributed by atoms with E-state index in [1.54, 1.807) is 12.1 Å². The molecule has 28 heavy (non-hydrogen) atoms. The summed E-state index contributed by atoms with van der Waals surface area (Å²) in [7, 11) is -1.40. The molecular weight excluding hydrogens is 419 g/mol. The molecular formula is C20H24Cl2N2O3S. The number of ether oxygens (including phenoxy) is 1. The van der Waals surface area contributed by atoms with Crippen molar-refractivity contribution >= 4 is 33.2 Å². The van der Waals surface area contributed by atoms with Gasteiger partial charge in [-0.1, -0.05) is 41.4 Å². The number of hydrogen-bond acceptors (Lipinski definition) is 4. The molecule has 0 atom stereocenters. The zero-order valence-electron chi connectivity index (χ0n) is 15.7. The largest absolute Gasteiger partial charge is 0.490 e. The first-order chi connectivity index (χ1) is 13.3. The van der Waals surface area contributed by atoms with E-state index in [9.17, 15) is 8.42 Å². The number of piperidine rings is 1. The van der Waals surface area contributed by atoms with Crippen molar-refractivity contribution in [2.45, 2.75) is 31.2 Å². The van der Waals surface area contributed by atoms with Gasteiger partial charge in [-0.05, 0) is 55.3 Å². The van der Waals surface area contributed by atoms with Gasteiger partial charge < -0.3 is 9.64 Å². The zero-order chi connectivity index (χ0) is 20.1. The van der Waals surface area contributed by atoms with E-state index in [1.807, 2.05) is 24.3 Å². The first kappa shape index (κ1) is 21.4. The molecule has 2 aromatic rings. The predicted molar refractivity (Wildman–Crippen MR) is 114 cm³/mol. The summed E-state index contributed by atoms with van der Waals surface area (Å²) in [6, 6.07) is 12.3. The molecule has 0 unspecified atom stereocenters. The van der Waals surface area contributed by atoms with E-state index >= 15 is 0 Å². The second kappa shape index (κ2) is 9.46. The van der Waals surface area contributed by atoms with Crippen LogP contribution in [-0.2, 0) is 22.3 Å². The Morgan fingerprint density at radius 1 is 1.11 bits per heavy atom. The number of halogens is 2. The first-order valence-corrected chi connectivity index (χ1v) is 11.6. The van der Waals surface area contributed by atoms with Gasteiger partial charge in [-0.25, -0.2) is 13.1 Å². The van der Waals surface area contributed by atoms with Gasteiger partial charge in [0.15, 0.2) is 0 Å². The molecule has 1 fully saturated rings. The quantitative estimate of drug-likeness (QED) is 0.701. The average Bonchev–Trinajstić information content (AvgIpc) is 2.65. The third-order valence-electron chi connectivity index (χ3n) is 4.75. The van der Waals surface area contributed by atoms with E-state index in [0.717, 1.165) is 37.2 Å². The van der Waals surface area contributed by atoms with Crippen molar-refractivity contribution in [3.8, 4) is 5.75 Å².